The zero-order chi connectivity index (χ0) is 18.7. The maximum absolute atomic E-state index is 13.4. The molecule has 26 heavy (non-hydrogen) atoms. The van der Waals surface area contributed by atoms with E-state index in [4.69, 9.17) is 0 Å². The molecule has 0 N–H and O–H groups in total. The third-order valence-corrected chi connectivity index (χ3v) is 4.05. The predicted octanol–water partition coefficient (Wildman–Crippen LogP) is 5.40. The van der Waals surface area contributed by atoms with E-state index in [2.05, 4.69) is 9.97 Å². The molecule has 0 aliphatic carbocycles. The molecule has 0 atom stereocenters. The van der Waals surface area contributed by atoms with Crippen molar-refractivity contribution in [3.63, 3.8) is 0 Å². The molecule has 0 spiro atoms. The average Bonchev–Trinajstić information content (AvgIpc) is 2.60. The molecule has 0 radical (unpaired) electrons. The molecule has 0 amide bonds. The average molecular weight is 360 g/mol. The third kappa shape index (κ3) is 4.25. The van der Waals surface area contributed by atoms with E-state index >= 15 is 0 Å². The fraction of sp³-hybridized carbons (Fsp3) is 0.200. The van der Waals surface area contributed by atoms with E-state index in [1.807, 2.05) is 31.2 Å². The van der Waals surface area contributed by atoms with Crippen LogP contribution in [-0.2, 0) is 19.0 Å². The minimum absolute atomic E-state index is 0.0448. The van der Waals surface area contributed by atoms with E-state index in [0.717, 1.165) is 23.4 Å². The number of pyridine rings is 2. The van der Waals surface area contributed by atoms with Gasteiger partial charge in [-0.25, -0.2) is 9.37 Å². The number of aromatic nitrogens is 2. The highest BCUT2D eigenvalue weighted by molar-refractivity contribution is 5.58. The van der Waals surface area contributed by atoms with Gasteiger partial charge in [0.25, 0.3) is 0 Å². The number of nitrogens with zero attached hydrogens (tertiary/aromatic N) is 2. The van der Waals surface area contributed by atoms with Crippen molar-refractivity contribution in [1.82, 2.24) is 9.97 Å². The Morgan fingerprint density at radius 3 is 2.31 bits per heavy atom. The van der Waals surface area contributed by atoms with Gasteiger partial charge in [-0.3, -0.25) is 4.98 Å². The molecule has 134 valence electrons. The van der Waals surface area contributed by atoms with Gasteiger partial charge in [0.05, 0.1) is 11.9 Å². The molecule has 0 aliphatic rings. The van der Waals surface area contributed by atoms with E-state index in [-0.39, 0.29) is 23.2 Å². The summed E-state index contributed by atoms with van der Waals surface area (Å²) in [7, 11) is 0. The Morgan fingerprint density at radius 1 is 0.923 bits per heavy atom. The molecule has 0 saturated carbocycles. The zero-order valence-electron chi connectivity index (χ0n) is 14.0. The highest BCUT2D eigenvalue weighted by Gasteiger charge is 2.35. The minimum Gasteiger partial charge on any atom is -0.261 e. The Labute approximate surface area is 148 Å². The van der Waals surface area contributed by atoms with Gasteiger partial charge in [0, 0.05) is 11.8 Å². The molecule has 0 fully saturated rings. The summed E-state index contributed by atoms with van der Waals surface area (Å²) < 4.78 is 53.6. The molecule has 6 heteroatoms. The lowest BCUT2D eigenvalue weighted by Gasteiger charge is -2.14. The van der Waals surface area contributed by atoms with Crippen molar-refractivity contribution < 1.29 is 17.6 Å². The minimum atomic E-state index is -4.58. The lowest BCUT2D eigenvalue weighted by atomic mass is 10.0. The summed E-state index contributed by atoms with van der Waals surface area (Å²) in [5, 5.41) is 0. The van der Waals surface area contributed by atoms with Crippen LogP contribution in [0.5, 0.6) is 0 Å². The lowest BCUT2D eigenvalue weighted by molar-refractivity contribution is -0.141. The molecule has 3 rings (SSSR count). The van der Waals surface area contributed by atoms with E-state index in [1.54, 1.807) is 0 Å². The van der Waals surface area contributed by atoms with E-state index < -0.39 is 17.7 Å². The molecular weight excluding hydrogens is 344 g/mol. The van der Waals surface area contributed by atoms with Crippen molar-refractivity contribution in [3.8, 4) is 11.3 Å². The van der Waals surface area contributed by atoms with Gasteiger partial charge in [-0.05, 0) is 43.0 Å². The van der Waals surface area contributed by atoms with Gasteiger partial charge in [0.2, 0.25) is 0 Å². The first-order chi connectivity index (χ1) is 12.3. The molecule has 2 heterocycles. The fourth-order valence-electron chi connectivity index (χ4n) is 2.68. The predicted molar refractivity (Wildman–Crippen MR) is 91.0 cm³/mol. The van der Waals surface area contributed by atoms with Crippen LogP contribution >= 0.6 is 0 Å². The highest BCUT2D eigenvalue weighted by Crippen LogP contribution is 2.33. The first-order valence-corrected chi connectivity index (χ1v) is 8.06. The van der Waals surface area contributed by atoms with Gasteiger partial charge in [0.1, 0.15) is 11.5 Å². The fourth-order valence-corrected chi connectivity index (χ4v) is 2.68. The SMILES string of the molecule is Cc1ccc(CCc2ccc(-c3cncc(F)c3)nc2C(F)(F)F)cc1. The van der Waals surface area contributed by atoms with Crippen molar-refractivity contribution >= 4 is 0 Å². The number of halogens is 4. The second-order valence-electron chi connectivity index (χ2n) is 6.08. The van der Waals surface area contributed by atoms with Gasteiger partial charge in [-0.2, -0.15) is 13.2 Å². The van der Waals surface area contributed by atoms with Gasteiger partial charge in [-0.15, -0.1) is 0 Å². The number of aryl methyl sites for hydroxylation is 3. The quantitative estimate of drug-likeness (QED) is 0.583. The van der Waals surface area contributed by atoms with Crippen LogP contribution in [0.15, 0.2) is 54.9 Å². The van der Waals surface area contributed by atoms with Gasteiger partial charge >= 0.3 is 6.18 Å². The van der Waals surface area contributed by atoms with Crippen LogP contribution in [0.25, 0.3) is 11.3 Å². The Morgan fingerprint density at radius 2 is 1.65 bits per heavy atom. The highest BCUT2D eigenvalue weighted by atomic mass is 19.4. The summed E-state index contributed by atoms with van der Waals surface area (Å²) in [5.41, 5.74) is 1.49. The van der Waals surface area contributed by atoms with Gasteiger partial charge in [0.15, 0.2) is 0 Å². The summed E-state index contributed by atoms with van der Waals surface area (Å²) in [5.74, 6) is -0.624. The summed E-state index contributed by atoms with van der Waals surface area (Å²) in [6.07, 6.45) is -1.61. The maximum Gasteiger partial charge on any atom is 0.433 e. The van der Waals surface area contributed by atoms with Crippen LogP contribution in [0.4, 0.5) is 17.6 Å². The smallest absolute Gasteiger partial charge is 0.261 e. The molecule has 2 aromatic heterocycles. The summed E-state index contributed by atoms with van der Waals surface area (Å²) >= 11 is 0. The Kier molecular flexibility index (Phi) is 5.02. The van der Waals surface area contributed by atoms with E-state index in [1.165, 1.54) is 18.3 Å². The van der Waals surface area contributed by atoms with Crippen molar-refractivity contribution in [3.05, 3.63) is 83.1 Å². The molecule has 0 saturated heterocycles. The van der Waals surface area contributed by atoms with E-state index in [0.29, 0.717) is 6.42 Å². The third-order valence-electron chi connectivity index (χ3n) is 4.05. The number of hydrogen-bond acceptors (Lipinski definition) is 2. The lowest BCUT2D eigenvalue weighted by Crippen LogP contribution is -2.13. The van der Waals surface area contributed by atoms with Crippen molar-refractivity contribution in [2.24, 2.45) is 0 Å². The summed E-state index contributed by atoms with van der Waals surface area (Å²) in [4.78, 5) is 7.41. The van der Waals surface area contributed by atoms with Crippen LogP contribution < -0.4 is 0 Å². The Hall–Kier alpha value is -2.76. The molecule has 3 aromatic rings. The van der Waals surface area contributed by atoms with Gasteiger partial charge in [-0.1, -0.05) is 35.9 Å². The van der Waals surface area contributed by atoms with Crippen molar-refractivity contribution in [2.45, 2.75) is 25.9 Å². The zero-order valence-corrected chi connectivity index (χ0v) is 14.0. The van der Waals surface area contributed by atoms with Crippen LogP contribution in [0.1, 0.15) is 22.4 Å². The first kappa shape index (κ1) is 18.0. The molecular formula is C20H16F4N2. The molecule has 0 bridgehead atoms. The number of alkyl halides is 3. The maximum atomic E-state index is 13.4. The second-order valence-corrected chi connectivity index (χ2v) is 6.08. The summed E-state index contributed by atoms with van der Waals surface area (Å²) in [6.45, 7) is 1.95. The number of hydrogen-bond donors (Lipinski definition) is 0. The first-order valence-electron chi connectivity index (χ1n) is 8.06. The second kappa shape index (κ2) is 7.23. The molecule has 2 nitrogen and oxygen atoms in total. The van der Waals surface area contributed by atoms with Crippen LogP contribution in [0.2, 0.25) is 0 Å². The molecule has 1 aromatic carbocycles. The van der Waals surface area contributed by atoms with Crippen molar-refractivity contribution in [1.29, 1.82) is 0 Å². The van der Waals surface area contributed by atoms with Gasteiger partial charge < -0.3 is 0 Å². The Bertz CT molecular complexity index is 902. The van der Waals surface area contributed by atoms with Crippen LogP contribution in [0.3, 0.4) is 0 Å². The van der Waals surface area contributed by atoms with E-state index in [9.17, 15) is 17.6 Å². The number of benzene rings is 1. The Balaban J connectivity index is 1.91. The number of rotatable bonds is 4. The largest absolute Gasteiger partial charge is 0.433 e. The molecule has 0 unspecified atom stereocenters. The summed E-state index contributed by atoms with van der Waals surface area (Å²) in [6, 6.07) is 11.7. The van der Waals surface area contributed by atoms with Crippen LogP contribution in [0, 0.1) is 12.7 Å². The molecule has 0 aliphatic heterocycles. The monoisotopic (exact) mass is 360 g/mol. The normalized spacial score (nSPS) is 11.6. The topological polar surface area (TPSA) is 25.8 Å². The van der Waals surface area contributed by atoms with Crippen molar-refractivity contribution in [2.75, 3.05) is 0 Å². The van der Waals surface area contributed by atoms with Crippen LogP contribution in [-0.4, -0.2) is 9.97 Å². The standard InChI is InChI=1S/C20H16F4N2/c1-13-2-4-14(5-3-13)6-7-15-8-9-18(26-19(15)20(22,23)24)16-10-17(21)12-25-11-16/h2-5,8-12H,6-7H2,1H3.